The molecule has 0 bridgehead atoms. The van der Waals surface area contributed by atoms with Gasteiger partial charge in [-0.15, -0.1) is 0 Å². The molecule has 0 unspecified atom stereocenters. The maximum absolute atomic E-state index is 5.58. The number of aliphatic imine (C=N–C) groups is 1. The summed E-state index contributed by atoms with van der Waals surface area (Å²) in [6, 6.07) is 0. The molecule has 0 aliphatic heterocycles. The highest BCUT2D eigenvalue weighted by molar-refractivity contribution is 5.79. The minimum atomic E-state index is 0.733. The summed E-state index contributed by atoms with van der Waals surface area (Å²) >= 11 is 0. The second-order valence-electron chi connectivity index (χ2n) is 4.16. The van der Waals surface area contributed by atoms with Crippen LogP contribution in [0, 0.1) is 5.92 Å². The standard InChI is InChI=1S/C12H25N3O/c1-3-13-12(14-4-2)15-8-9-16-10-11-6-5-7-11/h11H,3-10H2,1-2H3,(H2,13,14,15). The van der Waals surface area contributed by atoms with Crippen LogP contribution in [-0.2, 0) is 4.74 Å². The molecule has 16 heavy (non-hydrogen) atoms. The Morgan fingerprint density at radius 3 is 2.44 bits per heavy atom. The largest absolute Gasteiger partial charge is 0.379 e. The number of hydrogen-bond donors (Lipinski definition) is 2. The Kier molecular flexibility index (Phi) is 6.97. The third-order valence-electron chi connectivity index (χ3n) is 2.77. The molecule has 0 aromatic rings. The van der Waals surface area contributed by atoms with E-state index < -0.39 is 0 Å². The van der Waals surface area contributed by atoms with Gasteiger partial charge in [-0.2, -0.15) is 0 Å². The van der Waals surface area contributed by atoms with Crippen LogP contribution >= 0.6 is 0 Å². The zero-order chi connectivity index (χ0) is 11.6. The summed E-state index contributed by atoms with van der Waals surface area (Å²) < 4.78 is 5.58. The Balaban J connectivity index is 2.02. The fourth-order valence-corrected chi connectivity index (χ4v) is 1.64. The second kappa shape index (κ2) is 8.39. The van der Waals surface area contributed by atoms with E-state index in [1.807, 2.05) is 0 Å². The molecule has 0 aromatic carbocycles. The molecule has 0 amide bonds. The van der Waals surface area contributed by atoms with Gasteiger partial charge in [-0.25, -0.2) is 0 Å². The van der Waals surface area contributed by atoms with Crippen molar-refractivity contribution in [3.63, 3.8) is 0 Å². The third-order valence-corrected chi connectivity index (χ3v) is 2.77. The molecule has 1 aliphatic rings. The molecule has 0 atom stereocenters. The summed E-state index contributed by atoms with van der Waals surface area (Å²) in [6.07, 6.45) is 4.09. The molecular formula is C12H25N3O. The molecule has 0 heterocycles. The van der Waals surface area contributed by atoms with E-state index in [2.05, 4.69) is 29.5 Å². The maximum atomic E-state index is 5.58. The number of rotatable bonds is 7. The van der Waals surface area contributed by atoms with E-state index in [1.165, 1.54) is 19.3 Å². The number of nitrogens with zero attached hydrogens (tertiary/aromatic N) is 1. The lowest BCUT2D eigenvalue weighted by Gasteiger charge is -2.24. The third kappa shape index (κ3) is 5.35. The van der Waals surface area contributed by atoms with Gasteiger partial charge in [0.2, 0.25) is 0 Å². The molecular weight excluding hydrogens is 202 g/mol. The van der Waals surface area contributed by atoms with E-state index in [9.17, 15) is 0 Å². The molecule has 0 saturated heterocycles. The molecule has 1 saturated carbocycles. The lowest BCUT2D eigenvalue weighted by Crippen LogP contribution is -2.37. The fourth-order valence-electron chi connectivity index (χ4n) is 1.64. The average molecular weight is 227 g/mol. The van der Waals surface area contributed by atoms with Gasteiger partial charge in [-0.05, 0) is 32.6 Å². The zero-order valence-corrected chi connectivity index (χ0v) is 10.6. The lowest BCUT2D eigenvalue weighted by molar-refractivity contribution is 0.0754. The van der Waals surface area contributed by atoms with Crippen molar-refractivity contribution in [2.45, 2.75) is 33.1 Å². The number of guanidine groups is 1. The van der Waals surface area contributed by atoms with E-state index in [0.29, 0.717) is 0 Å². The Morgan fingerprint density at radius 2 is 1.94 bits per heavy atom. The smallest absolute Gasteiger partial charge is 0.191 e. The van der Waals surface area contributed by atoms with Gasteiger partial charge in [0.1, 0.15) is 0 Å². The van der Waals surface area contributed by atoms with Crippen molar-refractivity contribution in [3.05, 3.63) is 0 Å². The first-order valence-corrected chi connectivity index (χ1v) is 6.46. The number of nitrogens with one attached hydrogen (secondary N) is 2. The van der Waals surface area contributed by atoms with Gasteiger partial charge in [0, 0.05) is 19.7 Å². The Labute approximate surface area is 98.9 Å². The van der Waals surface area contributed by atoms with Crippen LogP contribution in [0.2, 0.25) is 0 Å². The van der Waals surface area contributed by atoms with E-state index in [4.69, 9.17) is 4.74 Å². The highest BCUT2D eigenvalue weighted by atomic mass is 16.5. The first-order valence-electron chi connectivity index (χ1n) is 6.46. The van der Waals surface area contributed by atoms with Crippen LogP contribution in [-0.4, -0.2) is 38.8 Å². The Bertz CT molecular complexity index is 194. The van der Waals surface area contributed by atoms with Gasteiger partial charge in [0.15, 0.2) is 5.96 Å². The molecule has 1 aliphatic carbocycles. The van der Waals surface area contributed by atoms with E-state index in [-0.39, 0.29) is 0 Å². The van der Waals surface area contributed by atoms with Gasteiger partial charge in [0.05, 0.1) is 13.2 Å². The second-order valence-corrected chi connectivity index (χ2v) is 4.16. The molecule has 4 heteroatoms. The predicted octanol–water partition coefficient (Wildman–Crippen LogP) is 1.38. The summed E-state index contributed by atoms with van der Waals surface area (Å²) in [7, 11) is 0. The number of hydrogen-bond acceptors (Lipinski definition) is 2. The van der Waals surface area contributed by atoms with Gasteiger partial charge in [-0.3, -0.25) is 4.99 Å². The molecule has 1 fully saturated rings. The van der Waals surface area contributed by atoms with Crippen molar-refractivity contribution in [1.82, 2.24) is 10.6 Å². The van der Waals surface area contributed by atoms with Crippen LogP contribution in [0.25, 0.3) is 0 Å². The van der Waals surface area contributed by atoms with Crippen molar-refractivity contribution in [2.75, 3.05) is 32.8 Å². The maximum Gasteiger partial charge on any atom is 0.191 e. The highest BCUT2D eigenvalue weighted by Crippen LogP contribution is 2.26. The van der Waals surface area contributed by atoms with Crippen molar-refractivity contribution in [1.29, 1.82) is 0 Å². The van der Waals surface area contributed by atoms with Gasteiger partial charge >= 0.3 is 0 Å². The van der Waals surface area contributed by atoms with Crippen LogP contribution in [0.3, 0.4) is 0 Å². The molecule has 94 valence electrons. The topological polar surface area (TPSA) is 45.7 Å². The Morgan fingerprint density at radius 1 is 1.25 bits per heavy atom. The molecule has 0 spiro atoms. The summed E-state index contributed by atoms with van der Waals surface area (Å²) in [5, 5.41) is 6.38. The van der Waals surface area contributed by atoms with E-state index in [0.717, 1.165) is 44.7 Å². The SMILES string of the molecule is CCNC(=NCCOCC1CCC1)NCC. The molecule has 1 rings (SSSR count). The summed E-state index contributed by atoms with van der Waals surface area (Å²) in [5.41, 5.74) is 0. The van der Waals surface area contributed by atoms with Crippen LogP contribution < -0.4 is 10.6 Å². The average Bonchev–Trinajstić information content (AvgIpc) is 2.21. The van der Waals surface area contributed by atoms with Crippen LogP contribution in [0.4, 0.5) is 0 Å². The number of ether oxygens (including phenoxy) is 1. The van der Waals surface area contributed by atoms with E-state index >= 15 is 0 Å². The molecule has 4 nitrogen and oxygen atoms in total. The molecule has 0 aromatic heterocycles. The molecule has 2 N–H and O–H groups in total. The van der Waals surface area contributed by atoms with Crippen molar-refractivity contribution >= 4 is 5.96 Å². The van der Waals surface area contributed by atoms with Gasteiger partial charge < -0.3 is 15.4 Å². The summed E-state index contributed by atoms with van der Waals surface area (Å²) in [6.45, 7) is 8.33. The highest BCUT2D eigenvalue weighted by Gasteiger charge is 2.16. The normalized spacial score (nSPS) is 15.4. The van der Waals surface area contributed by atoms with Crippen LogP contribution in [0.15, 0.2) is 4.99 Å². The van der Waals surface area contributed by atoms with Crippen molar-refractivity contribution < 1.29 is 4.74 Å². The van der Waals surface area contributed by atoms with Gasteiger partial charge in [-0.1, -0.05) is 6.42 Å². The zero-order valence-electron chi connectivity index (χ0n) is 10.6. The van der Waals surface area contributed by atoms with E-state index in [1.54, 1.807) is 0 Å². The lowest BCUT2D eigenvalue weighted by atomic mass is 9.86. The quantitative estimate of drug-likeness (QED) is 0.392. The minimum Gasteiger partial charge on any atom is -0.379 e. The predicted molar refractivity (Wildman–Crippen MR) is 67.8 cm³/mol. The fraction of sp³-hybridized carbons (Fsp3) is 0.917. The van der Waals surface area contributed by atoms with Crippen LogP contribution in [0.5, 0.6) is 0 Å². The first kappa shape index (κ1) is 13.3. The van der Waals surface area contributed by atoms with Crippen LogP contribution in [0.1, 0.15) is 33.1 Å². The minimum absolute atomic E-state index is 0.733. The Hall–Kier alpha value is -0.770. The summed E-state index contributed by atoms with van der Waals surface area (Å²) in [5.74, 6) is 1.71. The van der Waals surface area contributed by atoms with Crippen molar-refractivity contribution in [3.8, 4) is 0 Å². The molecule has 0 radical (unpaired) electrons. The monoisotopic (exact) mass is 227 g/mol. The first-order chi connectivity index (χ1) is 7.86. The van der Waals surface area contributed by atoms with Crippen molar-refractivity contribution in [2.24, 2.45) is 10.9 Å². The van der Waals surface area contributed by atoms with Gasteiger partial charge in [0.25, 0.3) is 0 Å². The summed E-state index contributed by atoms with van der Waals surface area (Å²) in [4.78, 5) is 4.41.